The van der Waals surface area contributed by atoms with E-state index in [1.807, 2.05) is 11.8 Å². The second-order valence-corrected chi connectivity index (χ2v) is 10.3. The molecule has 0 radical (unpaired) electrons. The van der Waals surface area contributed by atoms with Gasteiger partial charge in [0.2, 0.25) is 15.9 Å². The van der Waals surface area contributed by atoms with Crippen molar-refractivity contribution in [2.45, 2.75) is 56.0 Å². The summed E-state index contributed by atoms with van der Waals surface area (Å²) in [5.74, 6) is 0.0349. The van der Waals surface area contributed by atoms with Crippen molar-refractivity contribution in [2.75, 3.05) is 26.2 Å². The fourth-order valence-electron chi connectivity index (χ4n) is 3.85. The quantitative estimate of drug-likeness (QED) is 0.752. The topological polar surface area (TPSA) is 69.7 Å². The van der Waals surface area contributed by atoms with Gasteiger partial charge in [0.1, 0.15) is 0 Å². The third kappa shape index (κ3) is 5.00. The van der Waals surface area contributed by atoms with E-state index in [1.54, 1.807) is 0 Å². The smallest absolute Gasteiger partial charge is 0.243 e. The zero-order chi connectivity index (χ0) is 20.3. The lowest BCUT2D eigenvalue weighted by Crippen LogP contribution is -2.55. The summed E-state index contributed by atoms with van der Waals surface area (Å²) in [6, 6.07) is 4.35. The maximum Gasteiger partial charge on any atom is 0.243 e. The van der Waals surface area contributed by atoms with Gasteiger partial charge in [0.05, 0.1) is 21.0 Å². The molecule has 1 N–H and O–H groups in total. The highest BCUT2D eigenvalue weighted by atomic mass is 35.5. The number of hydrogen-bond acceptors (Lipinski definition) is 4. The molecule has 2 aliphatic rings. The van der Waals surface area contributed by atoms with Crippen LogP contribution in [0.15, 0.2) is 23.1 Å². The Balaban J connectivity index is 1.57. The van der Waals surface area contributed by atoms with Crippen molar-refractivity contribution in [1.82, 2.24) is 14.5 Å². The van der Waals surface area contributed by atoms with E-state index < -0.39 is 10.0 Å². The minimum Gasteiger partial charge on any atom is -0.352 e. The monoisotopic (exact) mass is 447 g/mol. The molecule has 1 aliphatic heterocycles. The molecule has 2 fully saturated rings. The van der Waals surface area contributed by atoms with Crippen LogP contribution in [-0.2, 0) is 14.8 Å². The van der Waals surface area contributed by atoms with E-state index in [9.17, 15) is 13.2 Å². The normalized spacial score (nSPS) is 21.4. The third-order valence-corrected chi connectivity index (χ3v) is 8.31. The highest BCUT2D eigenvalue weighted by molar-refractivity contribution is 7.89. The second-order valence-electron chi connectivity index (χ2n) is 7.54. The van der Waals surface area contributed by atoms with Crippen molar-refractivity contribution in [3.63, 3.8) is 0 Å². The van der Waals surface area contributed by atoms with Crippen molar-refractivity contribution in [3.05, 3.63) is 28.2 Å². The van der Waals surface area contributed by atoms with Gasteiger partial charge >= 0.3 is 0 Å². The second kappa shape index (κ2) is 9.30. The number of carbonyl (C=O) groups is 1. The number of nitrogens with one attached hydrogen (secondary N) is 1. The Kier molecular flexibility index (Phi) is 7.26. The number of amides is 1. The highest BCUT2D eigenvalue weighted by Crippen LogP contribution is 2.27. The molecule has 0 unspecified atom stereocenters. The van der Waals surface area contributed by atoms with Gasteiger partial charge in [-0.1, -0.05) is 42.5 Å². The predicted molar refractivity (Wildman–Crippen MR) is 111 cm³/mol. The molecule has 3 rings (SSSR count). The molecular weight excluding hydrogens is 421 g/mol. The van der Waals surface area contributed by atoms with Crippen LogP contribution >= 0.6 is 23.2 Å². The number of carbonyl (C=O) groups excluding carboxylic acids is 1. The van der Waals surface area contributed by atoms with Crippen molar-refractivity contribution >= 4 is 39.1 Å². The summed E-state index contributed by atoms with van der Waals surface area (Å²) >= 11 is 11.9. The van der Waals surface area contributed by atoms with Crippen LogP contribution in [0.5, 0.6) is 0 Å². The molecule has 1 saturated heterocycles. The van der Waals surface area contributed by atoms with E-state index in [4.69, 9.17) is 23.2 Å². The van der Waals surface area contributed by atoms with Crippen molar-refractivity contribution in [1.29, 1.82) is 0 Å². The number of benzene rings is 1. The Morgan fingerprint density at radius 2 is 1.71 bits per heavy atom. The van der Waals surface area contributed by atoms with Gasteiger partial charge in [0.25, 0.3) is 0 Å². The molecule has 0 bridgehead atoms. The zero-order valence-corrected chi connectivity index (χ0v) is 18.4. The largest absolute Gasteiger partial charge is 0.352 e. The van der Waals surface area contributed by atoms with E-state index in [-0.39, 0.29) is 27.9 Å². The lowest BCUT2D eigenvalue weighted by molar-refractivity contribution is -0.127. The van der Waals surface area contributed by atoms with Gasteiger partial charge in [-0.05, 0) is 38.0 Å². The minimum absolute atomic E-state index is 0.0349. The van der Waals surface area contributed by atoms with E-state index >= 15 is 0 Å². The molecule has 1 aromatic carbocycles. The minimum atomic E-state index is -3.63. The molecule has 28 heavy (non-hydrogen) atoms. The Bertz CT molecular complexity index is 805. The van der Waals surface area contributed by atoms with Gasteiger partial charge in [-0.15, -0.1) is 0 Å². The Morgan fingerprint density at radius 1 is 1.07 bits per heavy atom. The van der Waals surface area contributed by atoms with Gasteiger partial charge in [-0.2, -0.15) is 4.31 Å². The standard InChI is InChI=1S/C19H27Cl2N3O3S/c1-14(19(25)22-15-5-3-2-4-6-15)23-9-11-24(12-10-23)28(26,27)16-7-8-17(20)18(21)13-16/h7-8,13-15H,2-6,9-12H2,1H3,(H,22,25)/t14-/m0/s1. The maximum absolute atomic E-state index is 12.9. The molecule has 1 heterocycles. The lowest BCUT2D eigenvalue weighted by atomic mass is 9.95. The first-order chi connectivity index (χ1) is 13.3. The summed E-state index contributed by atoms with van der Waals surface area (Å²) in [6.45, 7) is 3.59. The van der Waals surface area contributed by atoms with Crippen LogP contribution in [0.3, 0.4) is 0 Å². The summed E-state index contributed by atoms with van der Waals surface area (Å²) in [7, 11) is -3.63. The summed E-state index contributed by atoms with van der Waals surface area (Å²) in [5.41, 5.74) is 0. The number of piperazine rings is 1. The number of nitrogens with zero attached hydrogens (tertiary/aromatic N) is 2. The van der Waals surface area contributed by atoms with Crippen LogP contribution in [0.2, 0.25) is 10.0 Å². The number of hydrogen-bond donors (Lipinski definition) is 1. The average molecular weight is 448 g/mol. The summed E-state index contributed by atoms with van der Waals surface area (Å²) in [6.07, 6.45) is 5.69. The summed E-state index contributed by atoms with van der Waals surface area (Å²) in [4.78, 5) is 14.7. The predicted octanol–water partition coefficient (Wildman–Crippen LogP) is 3.14. The Hall–Kier alpha value is -0.860. The first kappa shape index (κ1) is 21.8. The SMILES string of the molecule is C[C@@H](C(=O)NC1CCCCC1)N1CCN(S(=O)(=O)c2ccc(Cl)c(Cl)c2)CC1. The van der Waals surface area contributed by atoms with Crippen molar-refractivity contribution < 1.29 is 13.2 Å². The van der Waals surface area contributed by atoms with Gasteiger partial charge in [-0.3, -0.25) is 9.69 Å². The molecular formula is C19H27Cl2N3O3S. The molecule has 0 aromatic heterocycles. The zero-order valence-electron chi connectivity index (χ0n) is 16.0. The van der Waals surface area contributed by atoms with Crippen molar-refractivity contribution in [2.24, 2.45) is 0 Å². The molecule has 6 nitrogen and oxygen atoms in total. The molecule has 9 heteroatoms. The highest BCUT2D eigenvalue weighted by Gasteiger charge is 2.32. The third-order valence-electron chi connectivity index (χ3n) is 5.68. The summed E-state index contributed by atoms with van der Waals surface area (Å²) in [5, 5.41) is 3.69. The maximum atomic E-state index is 12.9. The molecule has 1 amide bonds. The van der Waals surface area contributed by atoms with Crippen LogP contribution in [-0.4, -0.2) is 61.8 Å². The fraction of sp³-hybridized carbons (Fsp3) is 0.632. The number of rotatable bonds is 5. The van der Waals surface area contributed by atoms with Crippen LogP contribution < -0.4 is 5.32 Å². The summed E-state index contributed by atoms with van der Waals surface area (Å²) < 4.78 is 27.1. The average Bonchev–Trinajstić information content (AvgIpc) is 2.70. The molecule has 156 valence electrons. The fourth-order valence-corrected chi connectivity index (χ4v) is 5.66. The molecule has 0 spiro atoms. The number of sulfonamides is 1. The van der Waals surface area contributed by atoms with E-state index in [0.717, 1.165) is 12.8 Å². The van der Waals surface area contributed by atoms with Crippen LogP contribution in [0.25, 0.3) is 0 Å². The van der Waals surface area contributed by atoms with Crippen LogP contribution in [0.4, 0.5) is 0 Å². The molecule has 1 atom stereocenters. The van der Waals surface area contributed by atoms with E-state index in [1.165, 1.54) is 41.8 Å². The van der Waals surface area contributed by atoms with Gasteiger partial charge < -0.3 is 5.32 Å². The Morgan fingerprint density at radius 3 is 2.32 bits per heavy atom. The lowest BCUT2D eigenvalue weighted by Gasteiger charge is -2.37. The van der Waals surface area contributed by atoms with Crippen molar-refractivity contribution in [3.8, 4) is 0 Å². The van der Waals surface area contributed by atoms with E-state index in [2.05, 4.69) is 5.32 Å². The van der Waals surface area contributed by atoms with E-state index in [0.29, 0.717) is 31.2 Å². The van der Waals surface area contributed by atoms with Gasteiger partial charge in [0, 0.05) is 32.2 Å². The molecule has 1 aromatic rings. The first-order valence-electron chi connectivity index (χ1n) is 9.78. The van der Waals surface area contributed by atoms with Gasteiger partial charge in [0.15, 0.2) is 0 Å². The Labute approximate surface area is 177 Å². The van der Waals surface area contributed by atoms with Gasteiger partial charge in [-0.25, -0.2) is 8.42 Å². The van der Waals surface area contributed by atoms with Crippen LogP contribution in [0, 0.1) is 0 Å². The molecule has 1 aliphatic carbocycles. The molecule has 1 saturated carbocycles. The first-order valence-corrected chi connectivity index (χ1v) is 12.0. The van der Waals surface area contributed by atoms with Crippen LogP contribution in [0.1, 0.15) is 39.0 Å². The number of halogens is 2.